The van der Waals surface area contributed by atoms with Gasteiger partial charge >= 0.3 is 0 Å². The summed E-state index contributed by atoms with van der Waals surface area (Å²) in [5, 5.41) is 3.67. The van der Waals surface area contributed by atoms with Crippen LogP contribution < -0.4 is 5.32 Å². The molecule has 2 heteroatoms. The second kappa shape index (κ2) is 9.11. The fraction of sp³-hybridized carbons (Fsp3) is 0.647. The molecule has 0 aliphatic heterocycles. The van der Waals surface area contributed by atoms with Crippen LogP contribution in [0.25, 0.3) is 0 Å². The molecule has 0 amide bonds. The van der Waals surface area contributed by atoms with Crippen molar-refractivity contribution in [2.75, 3.05) is 19.8 Å². The maximum absolute atomic E-state index is 5.45. The molecule has 0 bridgehead atoms. The molecule has 0 spiro atoms. The van der Waals surface area contributed by atoms with Crippen molar-refractivity contribution in [3.8, 4) is 0 Å². The molecule has 0 aliphatic carbocycles. The summed E-state index contributed by atoms with van der Waals surface area (Å²) in [5.74, 6) is 0. The molecule has 1 N–H and O–H groups in total. The highest BCUT2D eigenvalue weighted by molar-refractivity contribution is 5.32. The minimum absolute atomic E-state index is 0.459. The van der Waals surface area contributed by atoms with E-state index < -0.39 is 0 Å². The maximum atomic E-state index is 5.45. The van der Waals surface area contributed by atoms with Gasteiger partial charge in [-0.3, -0.25) is 0 Å². The number of hydrogen-bond acceptors (Lipinski definition) is 2. The van der Waals surface area contributed by atoms with Crippen LogP contribution in [0, 0.1) is 13.8 Å². The van der Waals surface area contributed by atoms with Gasteiger partial charge in [-0.1, -0.05) is 30.7 Å². The standard InChI is InChI=1S/C17H29NO/c1-5-11-18-17(8-7-12-19-6-2)16-10-9-14(3)13-15(16)4/h9-10,13,17-18H,5-8,11-12H2,1-4H3. The molecule has 0 fully saturated rings. The Hall–Kier alpha value is -0.860. The first-order chi connectivity index (χ1) is 9.19. The fourth-order valence-corrected chi connectivity index (χ4v) is 2.44. The van der Waals surface area contributed by atoms with E-state index in [0.717, 1.165) is 32.6 Å². The molecule has 1 rings (SSSR count). The molecular weight excluding hydrogens is 234 g/mol. The van der Waals surface area contributed by atoms with Crippen molar-refractivity contribution in [3.63, 3.8) is 0 Å². The summed E-state index contributed by atoms with van der Waals surface area (Å²) >= 11 is 0. The highest BCUT2D eigenvalue weighted by Crippen LogP contribution is 2.23. The highest BCUT2D eigenvalue weighted by atomic mass is 16.5. The monoisotopic (exact) mass is 263 g/mol. The van der Waals surface area contributed by atoms with Crippen LogP contribution in [-0.4, -0.2) is 19.8 Å². The number of aryl methyl sites for hydroxylation is 2. The third kappa shape index (κ3) is 5.75. The molecule has 1 atom stereocenters. The average Bonchev–Trinajstić information content (AvgIpc) is 2.39. The van der Waals surface area contributed by atoms with Crippen molar-refractivity contribution >= 4 is 0 Å². The molecule has 0 saturated heterocycles. The summed E-state index contributed by atoms with van der Waals surface area (Å²) in [5.41, 5.74) is 4.17. The van der Waals surface area contributed by atoms with Crippen molar-refractivity contribution < 1.29 is 4.74 Å². The van der Waals surface area contributed by atoms with Crippen LogP contribution in [0.15, 0.2) is 18.2 Å². The van der Waals surface area contributed by atoms with Crippen LogP contribution in [-0.2, 0) is 4.74 Å². The Morgan fingerprint density at radius 3 is 2.63 bits per heavy atom. The summed E-state index contributed by atoms with van der Waals surface area (Å²) in [7, 11) is 0. The zero-order valence-corrected chi connectivity index (χ0v) is 13.0. The quantitative estimate of drug-likeness (QED) is 0.675. The largest absolute Gasteiger partial charge is 0.382 e. The Morgan fingerprint density at radius 1 is 1.21 bits per heavy atom. The smallest absolute Gasteiger partial charge is 0.0466 e. The van der Waals surface area contributed by atoms with Gasteiger partial charge < -0.3 is 10.1 Å². The van der Waals surface area contributed by atoms with Crippen molar-refractivity contribution in [1.29, 1.82) is 0 Å². The zero-order chi connectivity index (χ0) is 14.1. The third-order valence-corrected chi connectivity index (χ3v) is 3.43. The molecular formula is C17H29NO. The van der Waals surface area contributed by atoms with E-state index in [1.54, 1.807) is 0 Å². The van der Waals surface area contributed by atoms with Gasteiger partial charge in [0.25, 0.3) is 0 Å². The number of hydrogen-bond donors (Lipinski definition) is 1. The lowest BCUT2D eigenvalue weighted by atomic mass is 9.96. The molecule has 2 nitrogen and oxygen atoms in total. The van der Waals surface area contributed by atoms with Crippen molar-refractivity contribution in [2.45, 2.75) is 53.0 Å². The van der Waals surface area contributed by atoms with Gasteiger partial charge in [-0.25, -0.2) is 0 Å². The highest BCUT2D eigenvalue weighted by Gasteiger charge is 2.12. The second-order valence-electron chi connectivity index (χ2n) is 5.21. The lowest BCUT2D eigenvalue weighted by Crippen LogP contribution is -2.23. The number of ether oxygens (including phenoxy) is 1. The Bertz CT molecular complexity index is 362. The van der Waals surface area contributed by atoms with Gasteiger partial charge in [-0.05, 0) is 57.7 Å². The second-order valence-corrected chi connectivity index (χ2v) is 5.21. The van der Waals surface area contributed by atoms with Gasteiger partial charge in [-0.15, -0.1) is 0 Å². The first kappa shape index (κ1) is 16.2. The van der Waals surface area contributed by atoms with Crippen LogP contribution in [0.5, 0.6) is 0 Å². The molecule has 108 valence electrons. The molecule has 1 aromatic carbocycles. The van der Waals surface area contributed by atoms with Gasteiger partial charge in [0.1, 0.15) is 0 Å². The van der Waals surface area contributed by atoms with Crippen LogP contribution in [0.2, 0.25) is 0 Å². The molecule has 0 heterocycles. The molecule has 0 aromatic heterocycles. The summed E-state index contributed by atoms with van der Waals surface area (Å²) in [4.78, 5) is 0. The van der Waals surface area contributed by atoms with Gasteiger partial charge in [-0.2, -0.15) is 0 Å². The van der Waals surface area contributed by atoms with Gasteiger partial charge in [0.15, 0.2) is 0 Å². The predicted molar refractivity (Wildman–Crippen MR) is 82.7 cm³/mol. The minimum atomic E-state index is 0.459. The number of benzene rings is 1. The molecule has 0 radical (unpaired) electrons. The van der Waals surface area contributed by atoms with E-state index in [2.05, 4.69) is 51.2 Å². The predicted octanol–water partition coefficient (Wildman–Crippen LogP) is 4.16. The van der Waals surface area contributed by atoms with E-state index >= 15 is 0 Å². The minimum Gasteiger partial charge on any atom is -0.382 e. The Kier molecular flexibility index (Phi) is 7.76. The number of rotatable bonds is 9. The summed E-state index contributed by atoms with van der Waals surface area (Å²) in [6.07, 6.45) is 3.43. The molecule has 19 heavy (non-hydrogen) atoms. The van der Waals surface area contributed by atoms with Crippen molar-refractivity contribution in [3.05, 3.63) is 34.9 Å². The topological polar surface area (TPSA) is 21.3 Å². The normalized spacial score (nSPS) is 12.6. The average molecular weight is 263 g/mol. The van der Waals surface area contributed by atoms with E-state index in [1.807, 2.05) is 0 Å². The lowest BCUT2D eigenvalue weighted by molar-refractivity contribution is 0.141. The molecule has 0 saturated carbocycles. The van der Waals surface area contributed by atoms with Gasteiger partial charge in [0.2, 0.25) is 0 Å². The maximum Gasteiger partial charge on any atom is 0.0466 e. The van der Waals surface area contributed by atoms with Crippen LogP contribution in [0.3, 0.4) is 0 Å². The zero-order valence-electron chi connectivity index (χ0n) is 13.0. The summed E-state index contributed by atoms with van der Waals surface area (Å²) < 4.78 is 5.45. The third-order valence-electron chi connectivity index (χ3n) is 3.43. The van der Waals surface area contributed by atoms with E-state index in [9.17, 15) is 0 Å². The Morgan fingerprint density at radius 2 is 2.00 bits per heavy atom. The lowest BCUT2D eigenvalue weighted by Gasteiger charge is -2.21. The molecule has 1 unspecified atom stereocenters. The van der Waals surface area contributed by atoms with Crippen LogP contribution in [0.1, 0.15) is 55.8 Å². The van der Waals surface area contributed by atoms with Crippen LogP contribution in [0.4, 0.5) is 0 Å². The first-order valence-corrected chi connectivity index (χ1v) is 7.57. The van der Waals surface area contributed by atoms with E-state index in [1.165, 1.54) is 23.1 Å². The van der Waals surface area contributed by atoms with E-state index in [4.69, 9.17) is 4.74 Å². The number of nitrogens with one attached hydrogen (secondary N) is 1. The SMILES string of the molecule is CCCNC(CCCOCC)c1ccc(C)cc1C. The van der Waals surface area contributed by atoms with E-state index in [0.29, 0.717) is 6.04 Å². The van der Waals surface area contributed by atoms with Crippen molar-refractivity contribution in [1.82, 2.24) is 5.32 Å². The van der Waals surface area contributed by atoms with E-state index in [-0.39, 0.29) is 0 Å². The summed E-state index contributed by atoms with van der Waals surface area (Å²) in [6, 6.07) is 7.23. The summed E-state index contributed by atoms with van der Waals surface area (Å²) in [6.45, 7) is 11.4. The van der Waals surface area contributed by atoms with Gasteiger partial charge in [0, 0.05) is 19.3 Å². The van der Waals surface area contributed by atoms with Crippen molar-refractivity contribution in [2.24, 2.45) is 0 Å². The first-order valence-electron chi connectivity index (χ1n) is 7.57. The Labute approximate surface area is 118 Å². The fourth-order valence-electron chi connectivity index (χ4n) is 2.44. The van der Waals surface area contributed by atoms with Gasteiger partial charge in [0.05, 0.1) is 0 Å². The molecule has 1 aromatic rings. The Balaban J connectivity index is 2.66. The van der Waals surface area contributed by atoms with Crippen LogP contribution >= 0.6 is 0 Å². The molecule has 0 aliphatic rings.